The molecule has 1 N–H and O–H groups in total. The van der Waals surface area contributed by atoms with Gasteiger partial charge in [-0.25, -0.2) is 0 Å². The Kier molecular flexibility index (Phi) is 2.05. The Morgan fingerprint density at radius 3 is 2.50 bits per heavy atom. The van der Waals surface area contributed by atoms with Gasteiger partial charge >= 0.3 is 12.1 Å². The lowest BCUT2D eigenvalue weighted by atomic mass is 9.99. The van der Waals surface area contributed by atoms with Gasteiger partial charge in [0, 0.05) is 13.2 Å². The van der Waals surface area contributed by atoms with Crippen LogP contribution < -0.4 is 0 Å². The Bertz CT molecular complexity index is 446. The van der Waals surface area contributed by atoms with E-state index in [1.807, 2.05) is 0 Å². The van der Waals surface area contributed by atoms with Crippen molar-refractivity contribution in [2.24, 2.45) is 7.05 Å². The molecule has 0 aliphatic heterocycles. The summed E-state index contributed by atoms with van der Waals surface area (Å²) >= 11 is 0. The highest BCUT2D eigenvalue weighted by atomic mass is 19.4. The molecule has 0 saturated heterocycles. The lowest BCUT2D eigenvalue weighted by Gasteiger charge is -2.11. The van der Waals surface area contributed by atoms with Gasteiger partial charge in [-0.05, 0) is 12.8 Å². The smallest absolute Gasteiger partial charge is 0.419 e. The number of hydrogen-bond donors (Lipinski definition) is 1. The van der Waals surface area contributed by atoms with Gasteiger partial charge in [0.25, 0.3) is 0 Å². The number of rotatable bonds is 2. The Balaban J connectivity index is 2.54. The molecule has 1 heterocycles. The van der Waals surface area contributed by atoms with E-state index < -0.39 is 23.1 Å². The van der Waals surface area contributed by atoms with Crippen LogP contribution in [0.4, 0.5) is 13.2 Å². The first kappa shape index (κ1) is 11.0. The summed E-state index contributed by atoms with van der Waals surface area (Å²) in [6.45, 7) is 0. The number of alkyl halides is 3. The third-order valence-corrected chi connectivity index (χ3v) is 2.75. The normalized spacial score (nSPS) is 18.5. The molecular formula is C9H9F3N2O2. The van der Waals surface area contributed by atoms with Crippen LogP contribution >= 0.6 is 0 Å². The predicted octanol–water partition coefficient (Wildman–Crippen LogP) is 1.56. The number of carbonyl (C=O) groups is 1. The molecule has 0 unspecified atom stereocenters. The number of halogens is 3. The quantitative estimate of drug-likeness (QED) is 0.844. The Hall–Kier alpha value is -1.53. The van der Waals surface area contributed by atoms with E-state index in [-0.39, 0.29) is 18.5 Å². The van der Waals surface area contributed by atoms with Crippen LogP contribution in [-0.4, -0.2) is 20.9 Å². The Labute approximate surface area is 88.7 Å². The van der Waals surface area contributed by atoms with Crippen molar-refractivity contribution in [2.75, 3.05) is 0 Å². The standard InChI is InChI=1S/C9H9F3N2O2/c1-14-4-5(9(10,11)12)6(13-14)8(2-3-8)7(15)16/h4H,2-3H2,1H3,(H,15,16). The lowest BCUT2D eigenvalue weighted by molar-refractivity contribution is -0.142. The van der Waals surface area contributed by atoms with E-state index in [0.717, 1.165) is 10.9 Å². The largest absolute Gasteiger partial charge is 0.481 e. The average Bonchev–Trinajstić information content (AvgIpc) is 2.83. The van der Waals surface area contributed by atoms with E-state index in [4.69, 9.17) is 5.11 Å². The van der Waals surface area contributed by atoms with Crippen molar-refractivity contribution in [1.82, 2.24) is 9.78 Å². The fraction of sp³-hybridized carbons (Fsp3) is 0.556. The van der Waals surface area contributed by atoms with Crippen molar-refractivity contribution in [3.8, 4) is 0 Å². The molecule has 88 valence electrons. The van der Waals surface area contributed by atoms with Crippen LogP contribution in [0, 0.1) is 0 Å². The molecule has 1 aliphatic carbocycles. The van der Waals surface area contributed by atoms with E-state index >= 15 is 0 Å². The molecule has 1 aliphatic rings. The number of aliphatic carboxylic acids is 1. The zero-order valence-corrected chi connectivity index (χ0v) is 8.38. The van der Waals surface area contributed by atoms with Gasteiger partial charge in [0.05, 0.1) is 11.3 Å². The van der Waals surface area contributed by atoms with Crippen molar-refractivity contribution < 1.29 is 23.1 Å². The average molecular weight is 234 g/mol. The molecule has 1 fully saturated rings. The molecule has 16 heavy (non-hydrogen) atoms. The molecule has 0 radical (unpaired) electrons. The highest BCUT2D eigenvalue weighted by Crippen LogP contribution is 2.51. The number of carboxylic acids is 1. The fourth-order valence-electron chi connectivity index (χ4n) is 1.73. The van der Waals surface area contributed by atoms with Gasteiger partial charge in [0.15, 0.2) is 0 Å². The number of aryl methyl sites for hydroxylation is 1. The number of carboxylic acid groups (broad SMARTS) is 1. The maximum absolute atomic E-state index is 12.6. The summed E-state index contributed by atoms with van der Waals surface area (Å²) in [5.41, 5.74) is -2.74. The second kappa shape index (κ2) is 2.99. The van der Waals surface area contributed by atoms with Crippen LogP contribution in [0.5, 0.6) is 0 Å². The van der Waals surface area contributed by atoms with Gasteiger partial charge < -0.3 is 5.11 Å². The molecular weight excluding hydrogens is 225 g/mol. The summed E-state index contributed by atoms with van der Waals surface area (Å²) in [4.78, 5) is 11.0. The van der Waals surface area contributed by atoms with Gasteiger partial charge in [-0.15, -0.1) is 0 Å². The first-order chi connectivity index (χ1) is 7.27. The topological polar surface area (TPSA) is 55.1 Å². The third-order valence-electron chi connectivity index (χ3n) is 2.75. The minimum Gasteiger partial charge on any atom is -0.481 e. The molecule has 1 saturated carbocycles. The number of nitrogens with zero attached hydrogens (tertiary/aromatic N) is 2. The van der Waals surface area contributed by atoms with Gasteiger partial charge in [-0.2, -0.15) is 18.3 Å². The van der Waals surface area contributed by atoms with Crippen molar-refractivity contribution in [2.45, 2.75) is 24.4 Å². The summed E-state index contributed by atoms with van der Waals surface area (Å²) in [5, 5.41) is 12.6. The zero-order valence-electron chi connectivity index (χ0n) is 8.38. The summed E-state index contributed by atoms with van der Waals surface area (Å²) in [5.74, 6) is -1.24. The first-order valence-electron chi connectivity index (χ1n) is 4.62. The van der Waals surface area contributed by atoms with Crippen LogP contribution in [0.2, 0.25) is 0 Å². The maximum atomic E-state index is 12.6. The summed E-state index contributed by atoms with van der Waals surface area (Å²) < 4.78 is 38.9. The lowest BCUT2D eigenvalue weighted by Crippen LogP contribution is -2.24. The Morgan fingerprint density at radius 1 is 1.56 bits per heavy atom. The fourth-order valence-corrected chi connectivity index (χ4v) is 1.73. The SMILES string of the molecule is Cn1cc(C(F)(F)F)c(C2(C(=O)O)CC2)n1. The second-order valence-corrected chi connectivity index (χ2v) is 3.95. The minimum absolute atomic E-state index is 0.211. The van der Waals surface area contributed by atoms with Crippen LogP contribution in [0.25, 0.3) is 0 Å². The molecule has 0 aromatic carbocycles. The second-order valence-electron chi connectivity index (χ2n) is 3.95. The van der Waals surface area contributed by atoms with Crippen molar-refractivity contribution in [3.63, 3.8) is 0 Å². The van der Waals surface area contributed by atoms with Gasteiger partial charge in [0.1, 0.15) is 5.41 Å². The van der Waals surface area contributed by atoms with Crippen LogP contribution in [0.15, 0.2) is 6.20 Å². The Morgan fingerprint density at radius 2 is 2.12 bits per heavy atom. The van der Waals surface area contributed by atoms with Crippen LogP contribution in [-0.2, 0) is 23.4 Å². The highest BCUT2D eigenvalue weighted by molar-refractivity contribution is 5.84. The van der Waals surface area contributed by atoms with E-state index in [1.54, 1.807) is 0 Å². The van der Waals surface area contributed by atoms with Gasteiger partial charge in [0.2, 0.25) is 0 Å². The third kappa shape index (κ3) is 1.46. The molecule has 0 spiro atoms. The van der Waals surface area contributed by atoms with E-state index in [2.05, 4.69) is 5.10 Å². The van der Waals surface area contributed by atoms with Gasteiger partial charge in [-0.1, -0.05) is 0 Å². The van der Waals surface area contributed by atoms with Crippen molar-refractivity contribution in [1.29, 1.82) is 0 Å². The molecule has 1 aromatic heterocycles. The summed E-state index contributed by atoms with van der Waals surface area (Å²) in [6, 6.07) is 0. The molecule has 0 bridgehead atoms. The molecule has 1 aromatic rings. The maximum Gasteiger partial charge on any atom is 0.419 e. The predicted molar refractivity (Wildman–Crippen MR) is 46.8 cm³/mol. The zero-order chi connectivity index (χ0) is 12.1. The summed E-state index contributed by atoms with van der Waals surface area (Å²) in [6.07, 6.45) is -3.32. The van der Waals surface area contributed by atoms with E-state index in [9.17, 15) is 18.0 Å². The number of aromatic nitrogens is 2. The summed E-state index contributed by atoms with van der Waals surface area (Å²) in [7, 11) is 1.34. The molecule has 7 heteroatoms. The van der Waals surface area contributed by atoms with Crippen LogP contribution in [0.1, 0.15) is 24.1 Å². The first-order valence-corrected chi connectivity index (χ1v) is 4.62. The monoisotopic (exact) mass is 234 g/mol. The molecule has 4 nitrogen and oxygen atoms in total. The van der Waals surface area contributed by atoms with E-state index in [0.29, 0.717) is 0 Å². The van der Waals surface area contributed by atoms with Gasteiger partial charge in [-0.3, -0.25) is 9.48 Å². The van der Waals surface area contributed by atoms with Crippen LogP contribution in [0.3, 0.4) is 0 Å². The minimum atomic E-state index is -4.56. The molecule has 0 amide bonds. The molecule has 2 rings (SSSR count). The van der Waals surface area contributed by atoms with E-state index in [1.165, 1.54) is 7.05 Å². The highest BCUT2D eigenvalue weighted by Gasteiger charge is 2.57. The van der Waals surface area contributed by atoms with Crippen molar-refractivity contribution in [3.05, 3.63) is 17.5 Å². The van der Waals surface area contributed by atoms with Crippen molar-refractivity contribution >= 4 is 5.97 Å². The molecule has 0 atom stereocenters. The number of hydrogen-bond acceptors (Lipinski definition) is 2.